The standard InChI is InChI=1S/C14H20F2N2/c1-2-18-5-3-14(4-6-18)17-10-11-7-12(15)9-13(16)8-11/h7-9,14,17H,2-6,10H2,1H3. The Morgan fingerprint density at radius 3 is 2.33 bits per heavy atom. The minimum atomic E-state index is -0.507. The van der Waals surface area contributed by atoms with Crippen LogP contribution in [0.1, 0.15) is 25.3 Å². The Morgan fingerprint density at radius 1 is 1.17 bits per heavy atom. The first-order chi connectivity index (χ1) is 8.67. The third-order valence-corrected chi connectivity index (χ3v) is 3.55. The first-order valence-corrected chi connectivity index (χ1v) is 6.58. The summed E-state index contributed by atoms with van der Waals surface area (Å²) < 4.78 is 26.0. The molecule has 0 unspecified atom stereocenters. The number of piperidine rings is 1. The summed E-state index contributed by atoms with van der Waals surface area (Å²) in [5, 5.41) is 3.38. The molecule has 2 rings (SSSR count). The average molecular weight is 254 g/mol. The zero-order chi connectivity index (χ0) is 13.0. The summed E-state index contributed by atoms with van der Waals surface area (Å²) in [6.45, 7) is 6.01. The zero-order valence-corrected chi connectivity index (χ0v) is 10.8. The highest BCUT2D eigenvalue weighted by atomic mass is 19.1. The number of benzene rings is 1. The monoisotopic (exact) mass is 254 g/mol. The highest BCUT2D eigenvalue weighted by Crippen LogP contribution is 2.12. The molecule has 1 N–H and O–H groups in total. The Bertz CT molecular complexity index is 367. The van der Waals surface area contributed by atoms with Crippen LogP contribution in [0.3, 0.4) is 0 Å². The summed E-state index contributed by atoms with van der Waals surface area (Å²) in [7, 11) is 0. The van der Waals surface area contributed by atoms with Crippen molar-refractivity contribution < 1.29 is 8.78 Å². The van der Waals surface area contributed by atoms with Crippen molar-refractivity contribution >= 4 is 0 Å². The molecular formula is C14H20F2N2. The predicted molar refractivity (Wildman–Crippen MR) is 68.3 cm³/mol. The maximum Gasteiger partial charge on any atom is 0.126 e. The van der Waals surface area contributed by atoms with E-state index >= 15 is 0 Å². The number of hydrogen-bond acceptors (Lipinski definition) is 2. The Balaban J connectivity index is 1.81. The van der Waals surface area contributed by atoms with Gasteiger partial charge in [0.25, 0.3) is 0 Å². The van der Waals surface area contributed by atoms with Crippen molar-refractivity contribution in [1.82, 2.24) is 10.2 Å². The number of hydrogen-bond donors (Lipinski definition) is 1. The van der Waals surface area contributed by atoms with E-state index in [1.165, 1.54) is 12.1 Å². The lowest BCUT2D eigenvalue weighted by molar-refractivity contribution is 0.206. The molecule has 0 aliphatic carbocycles. The molecule has 0 atom stereocenters. The number of nitrogens with zero attached hydrogens (tertiary/aromatic N) is 1. The molecule has 1 heterocycles. The van der Waals surface area contributed by atoms with Gasteiger partial charge in [-0.1, -0.05) is 6.92 Å². The van der Waals surface area contributed by atoms with Gasteiger partial charge < -0.3 is 10.2 Å². The predicted octanol–water partition coefficient (Wildman–Crippen LogP) is 2.54. The third-order valence-electron chi connectivity index (χ3n) is 3.55. The van der Waals surface area contributed by atoms with Gasteiger partial charge in [-0.05, 0) is 50.2 Å². The van der Waals surface area contributed by atoms with Crippen molar-refractivity contribution in [1.29, 1.82) is 0 Å². The van der Waals surface area contributed by atoms with Crippen LogP contribution in [0, 0.1) is 11.6 Å². The molecule has 1 aliphatic heterocycles. The smallest absolute Gasteiger partial charge is 0.126 e. The molecule has 18 heavy (non-hydrogen) atoms. The van der Waals surface area contributed by atoms with Crippen molar-refractivity contribution in [3.8, 4) is 0 Å². The molecule has 1 fully saturated rings. The fraction of sp³-hybridized carbons (Fsp3) is 0.571. The molecule has 0 spiro atoms. The van der Waals surface area contributed by atoms with Crippen molar-refractivity contribution in [3.05, 3.63) is 35.4 Å². The molecule has 0 radical (unpaired) electrons. The fourth-order valence-electron chi connectivity index (χ4n) is 2.43. The highest BCUT2D eigenvalue weighted by Gasteiger charge is 2.17. The minimum Gasteiger partial charge on any atom is -0.310 e. The van der Waals surface area contributed by atoms with Gasteiger partial charge in [-0.3, -0.25) is 0 Å². The molecule has 2 nitrogen and oxygen atoms in total. The molecule has 1 aromatic carbocycles. The number of halogens is 2. The Hall–Kier alpha value is -1.00. The van der Waals surface area contributed by atoms with Crippen LogP contribution in [-0.2, 0) is 6.54 Å². The van der Waals surface area contributed by atoms with Gasteiger partial charge in [-0.2, -0.15) is 0 Å². The Kier molecular flexibility index (Phi) is 4.66. The SMILES string of the molecule is CCN1CCC(NCc2cc(F)cc(F)c2)CC1. The van der Waals surface area contributed by atoms with E-state index < -0.39 is 11.6 Å². The molecule has 0 saturated carbocycles. The quantitative estimate of drug-likeness (QED) is 0.888. The largest absolute Gasteiger partial charge is 0.310 e. The van der Waals surface area contributed by atoms with Crippen LogP contribution in [0.2, 0.25) is 0 Å². The van der Waals surface area contributed by atoms with Crippen LogP contribution in [0.15, 0.2) is 18.2 Å². The molecule has 1 aromatic rings. The van der Waals surface area contributed by atoms with Crippen molar-refractivity contribution in [2.45, 2.75) is 32.4 Å². The fourth-order valence-corrected chi connectivity index (χ4v) is 2.43. The van der Waals surface area contributed by atoms with Gasteiger partial charge >= 0.3 is 0 Å². The van der Waals surface area contributed by atoms with Gasteiger partial charge in [0.1, 0.15) is 11.6 Å². The normalized spacial score (nSPS) is 18.2. The van der Waals surface area contributed by atoms with Crippen LogP contribution < -0.4 is 5.32 Å². The van der Waals surface area contributed by atoms with Gasteiger partial charge in [-0.25, -0.2) is 8.78 Å². The summed E-state index contributed by atoms with van der Waals surface area (Å²) in [5.41, 5.74) is 0.672. The van der Waals surface area contributed by atoms with Crippen LogP contribution in [0.25, 0.3) is 0 Å². The maximum absolute atomic E-state index is 13.0. The average Bonchev–Trinajstić information content (AvgIpc) is 2.36. The zero-order valence-electron chi connectivity index (χ0n) is 10.8. The van der Waals surface area contributed by atoms with Crippen LogP contribution in [-0.4, -0.2) is 30.6 Å². The summed E-state index contributed by atoms with van der Waals surface area (Å²) in [6.07, 6.45) is 2.21. The first kappa shape index (κ1) is 13.4. The summed E-state index contributed by atoms with van der Waals surface area (Å²) >= 11 is 0. The molecule has 0 aromatic heterocycles. The van der Waals surface area contributed by atoms with Crippen LogP contribution in [0.4, 0.5) is 8.78 Å². The number of likely N-dealkylation sites (tertiary alicyclic amines) is 1. The maximum atomic E-state index is 13.0. The lowest BCUT2D eigenvalue weighted by Crippen LogP contribution is -2.42. The summed E-state index contributed by atoms with van der Waals surface area (Å²) in [6, 6.07) is 4.14. The number of rotatable bonds is 4. The van der Waals surface area contributed by atoms with Gasteiger partial charge in [0, 0.05) is 18.7 Å². The van der Waals surface area contributed by atoms with E-state index in [2.05, 4.69) is 17.1 Å². The molecule has 1 saturated heterocycles. The van der Waals surface area contributed by atoms with E-state index in [1.54, 1.807) is 0 Å². The second-order valence-corrected chi connectivity index (χ2v) is 4.87. The molecule has 0 amide bonds. The van der Waals surface area contributed by atoms with Gasteiger partial charge in [0.15, 0.2) is 0 Å². The second kappa shape index (κ2) is 6.25. The second-order valence-electron chi connectivity index (χ2n) is 4.87. The summed E-state index contributed by atoms with van der Waals surface area (Å²) in [5.74, 6) is -1.01. The van der Waals surface area contributed by atoms with Crippen LogP contribution in [0.5, 0.6) is 0 Å². The van der Waals surface area contributed by atoms with Gasteiger partial charge in [-0.15, -0.1) is 0 Å². The molecular weight excluding hydrogens is 234 g/mol. The topological polar surface area (TPSA) is 15.3 Å². The minimum absolute atomic E-state index is 0.458. The van der Waals surface area contributed by atoms with Gasteiger partial charge in [0.05, 0.1) is 0 Å². The third kappa shape index (κ3) is 3.75. The van der Waals surface area contributed by atoms with E-state index in [9.17, 15) is 8.78 Å². The molecule has 1 aliphatic rings. The Morgan fingerprint density at radius 2 is 1.78 bits per heavy atom. The summed E-state index contributed by atoms with van der Waals surface area (Å²) in [4.78, 5) is 2.42. The van der Waals surface area contributed by atoms with Gasteiger partial charge in [0.2, 0.25) is 0 Å². The van der Waals surface area contributed by atoms with E-state index in [-0.39, 0.29) is 0 Å². The van der Waals surface area contributed by atoms with Crippen LogP contribution >= 0.6 is 0 Å². The Labute approximate surface area is 107 Å². The lowest BCUT2D eigenvalue weighted by Gasteiger charge is -2.31. The van der Waals surface area contributed by atoms with E-state index in [1.807, 2.05) is 0 Å². The first-order valence-electron chi connectivity index (χ1n) is 6.58. The van der Waals surface area contributed by atoms with E-state index in [0.29, 0.717) is 18.2 Å². The van der Waals surface area contributed by atoms with Crippen molar-refractivity contribution in [2.24, 2.45) is 0 Å². The highest BCUT2D eigenvalue weighted by molar-refractivity contribution is 5.17. The molecule has 0 bridgehead atoms. The number of nitrogens with one attached hydrogen (secondary N) is 1. The van der Waals surface area contributed by atoms with Crippen molar-refractivity contribution in [3.63, 3.8) is 0 Å². The lowest BCUT2D eigenvalue weighted by atomic mass is 10.0. The van der Waals surface area contributed by atoms with E-state index in [0.717, 1.165) is 38.5 Å². The molecule has 100 valence electrons. The van der Waals surface area contributed by atoms with Crippen molar-refractivity contribution in [2.75, 3.05) is 19.6 Å². The molecule has 4 heteroatoms. The van der Waals surface area contributed by atoms with E-state index in [4.69, 9.17) is 0 Å².